The molecule has 2 aromatic rings. The summed E-state index contributed by atoms with van der Waals surface area (Å²) in [5, 5.41) is 4.54. The lowest BCUT2D eigenvalue weighted by atomic mass is 9.93. The second-order valence-corrected chi connectivity index (χ2v) is 7.59. The van der Waals surface area contributed by atoms with Crippen molar-refractivity contribution in [2.45, 2.75) is 51.9 Å². The molecule has 0 unspecified atom stereocenters. The van der Waals surface area contributed by atoms with Gasteiger partial charge in [-0.05, 0) is 56.9 Å². The first-order chi connectivity index (χ1) is 13.6. The van der Waals surface area contributed by atoms with E-state index < -0.39 is 0 Å². The predicted octanol–water partition coefficient (Wildman–Crippen LogP) is 4.90. The average molecular weight is 383 g/mol. The Labute approximate surface area is 164 Å². The van der Waals surface area contributed by atoms with Crippen LogP contribution >= 0.6 is 0 Å². The van der Waals surface area contributed by atoms with Crippen LogP contribution in [0.15, 0.2) is 33.8 Å². The summed E-state index contributed by atoms with van der Waals surface area (Å²) in [6.07, 6.45) is 7.05. The number of anilines is 1. The number of rotatable bonds is 3. The monoisotopic (exact) mass is 383 g/mol. The van der Waals surface area contributed by atoms with E-state index in [0.717, 1.165) is 73.5 Å². The highest BCUT2D eigenvalue weighted by Gasteiger charge is 2.30. The first kappa shape index (κ1) is 18.7. The topological polar surface area (TPSA) is 57.8 Å². The molecule has 1 aromatic carbocycles. The van der Waals surface area contributed by atoms with Crippen LogP contribution in [-0.4, -0.2) is 29.6 Å². The van der Waals surface area contributed by atoms with Crippen LogP contribution in [-0.2, 0) is 6.42 Å². The molecule has 1 amide bonds. The summed E-state index contributed by atoms with van der Waals surface area (Å²) in [7, 11) is 0. The van der Waals surface area contributed by atoms with Crippen molar-refractivity contribution in [2.75, 3.05) is 18.5 Å². The molecule has 1 fully saturated rings. The highest BCUT2D eigenvalue weighted by molar-refractivity contribution is 6.06. The van der Waals surface area contributed by atoms with Gasteiger partial charge in [-0.3, -0.25) is 10.2 Å². The Bertz CT molecular complexity index is 878. The minimum Gasteiger partial charge on any atom is -0.455 e. The number of nitrogens with one attached hydrogen (secondary N) is 1. The lowest BCUT2D eigenvalue weighted by Gasteiger charge is -2.19. The summed E-state index contributed by atoms with van der Waals surface area (Å²) in [5.74, 6) is 1.03. The van der Waals surface area contributed by atoms with Crippen LogP contribution in [0.25, 0.3) is 0 Å². The molecule has 0 spiro atoms. The van der Waals surface area contributed by atoms with Gasteiger partial charge in [0.2, 0.25) is 0 Å². The number of halogens is 1. The second-order valence-electron chi connectivity index (χ2n) is 7.59. The molecule has 28 heavy (non-hydrogen) atoms. The Morgan fingerprint density at radius 3 is 2.50 bits per heavy atom. The minimum atomic E-state index is -0.277. The number of hydrogen-bond donors (Lipinski definition) is 1. The summed E-state index contributed by atoms with van der Waals surface area (Å²) in [6, 6.07) is 6.10. The van der Waals surface area contributed by atoms with Crippen LogP contribution < -0.4 is 5.43 Å². The van der Waals surface area contributed by atoms with Gasteiger partial charge < -0.3 is 9.32 Å². The van der Waals surface area contributed by atoms with Crippen LogP contribution in [0.2, 0.25) is 0 Å². The highest BCUT2D eigenvalue weighted by atomic mass is 19.1. The van der Waals surface area contributed by atoms with Crippen molar-refractivity contribution in [3.05, 3.63) is 52.7 Å². The van der Waals surface area contributed by atoms with E-state index in [1.54, 1.807) is 12.1 Å². The summed E-state index contributed by atoms with van der Waals surface area (Å²) >= 11 is 0. The maximum atomic E-state index is 13.1. The quantitative estimate of drug-likeness (QED) is 0.767. The number of hydrogen-bond acceptors (Lipinski definition) is 4. The standard InChI is InChI=1S/C22H26FN3O2/c1-15-20-18(25-24-17-11-9-16(23)10-12-17)7-6-8-19(20)28-21(15)22(27)26-13-4-2-3-5-14-26/h9-12,24H,2-8,13-14H2,1H3/b25-18+. The smallest absolute Gasteiger partial charge is 0.289 e. The third kappa shape index (κ3) is 3.81. The summed E-state index contributed by atoms with van der Waals surface area (Å²) in [4.78, 5) is 15.0. The number of amides is 1. The Morgan fingerprint density at radius 1 is 1.07 bits per heavy atom. The third-order valence-corrected chi connectivity index (χ3v) is 5.58. The van der Waals surface area contributed by atoms with E-state index in [9.17, 15) is 9.18 Å². The maximum Gasteiger partial charge on any atom is 0.289 e. The lowest BCUT2D eigenvalue weighted by molar-refractivity contribution is 0.0726. The Balaban J connectivity index is 1.59. The molecule has 2 heterocycles. The van der Waals surface area contributed by atoms with Crippen molar-refractivity contribution in [1.82, 2.24) is 4.90 Å². The molecular formula is C22H26FN3O2. The van der Waals surface area contributed by atoms with Crippen molar-refractivity contribution >= 4 is 17.3 Å². The van der Waals surface area contributed by atoms with Crippen molar-refractivity contribution in [2.24, 2.45) is 5.10 Å². The first-order valence-corrected chi connectivity index (χ1v) is 10.1. The van der Waals surface area contributed by atoms with E-state index >= 15 is 0 Å². The van der Waals surface area contributed by atoms with Gasteiger partial charge in [-0.15, -0.1) is 0 Å². The van der Waals surface area contributed by atoms with Gasteiger partial charge in [0.1, 0.15) is 11.6 Å². The molecule has 0 atom stereocenters. The van der Waals surface area contributed by atoms with Gasteiger partial charge in [0.05, 0.1) is 11.4 Å². The summed E-state index contributed by atoms with van der Waals surface area (Å²) < 4.78 is 19.1. The Hall–Kier alpha value is -2.63. The molecule has 4 rings (SSSR count). The van der Waals surface area contributed by atoms with E-state index in [1.165, 1.54) is 25.0 Å². The maximum absolute atomic E-state index is 13.1. The first-order valence-electron chi connectivity index (χ1n) is 10.1. The SMILES string of the molecule is Cc1c(C(=O)N2CCCCCC2)oc2c1/C(=N/Nc1ccc(F)cc1)CCC2. The van der Waals surface area contributed by atoms with Crippen LogP contribution in [0, 0.1) is 12.7 Å². The number of fused-ring (bicyclic) bond motifs is 1. The Morgan fingerprint density at radius 2 is 1.79 bits per heavy atom. The van der Waals surface area contributed by atoms with Gasteiger partial charge in [-0.25, -0.2) is 4.39 Å². The van der Waals surface area contributed by atoms with E-state index in [1.807, 2.05) is 11.8 Å². The van der Waals surface area contributed by atoms with Crippen LogP contribution in [0.5, 0.6) is 0 Å². The van der Waals surface area contributed by atoms with Gasteiger partial charge in [0.25, 0.3) is 5.91 Å². The average Bonchev–Trinajstić information content (AvgIpc) is 2.88. The molecule has 2 aliphatic rings. The van der Waals surface area contributed by atoms with Gasteiger partial charge in [-0.1, -0.05) is 12.8 Å². The highest BCUT2D eigenvalue weighted by Crippen LogP contribution is 2.31. The van der Waals surface area contributed by atoms with Gasteiger partial charge in [0, 0.05) is 30.6 Å². The molecule has 148 valence electrons. The van der Waals surface area contributed by atoms with Crippen molar-refractivity contribution < 1.29 is 13.6 Å². The van der Waals surface area contributed by atoms with Crippen molar-refractivity contribution in [3.63, 3.8) is 0 Å². The molecule has 0 bridgehead atoms. The third-order valence-electron chi connectivity index (χ3n) is 5.58. The van der Waals surface area contributed by atoms with Crippen LogP contribution in [0.1, 0.15) is 66.0 Å². The number of likely N-dealkylation sites (tertiary alicyclic amines) is 1. The minimum absolute atomic E-state index is 0.000330. The number of hydrazone groups is 1. The fourth-order valence-corrected chi connectivity index (χ4v) is 4.06. The molecule has 1 saturated heterocycles. The van der Waals surface area contributed by atoms with Crippen molar-refractivity contribution in [1.29, 1.82) is 0 Å². The fraction of sp³-hybridized carbons (Fsp3) is 0.455. The zero-order valence-electron chi connectivity index (χ0n) is 16.3. The van der Waals surface area contributed by atoms with Gasteiger partial charge in [0.15, 0.2) is 5.76 Å². The molecule has 0 saturated carbocycles. The van der Waals surface area contributed by atoms with E-state index in [-0.39, 0.29) is 11.7 Å². The second kappa shape index (κ2) is 8.17. The van der Waals surface area contributed by atoms with Gasteiger partial charge >= 0.3 is 0 Å². The normalized spacial score (nSPS) is 18.6. The number of carbonyl (C=O) groups excluding carboxylic acids is 1. The number of furan rings is 1. The fourth-order valence-electron chi connectivity index (χ4n) is 4.06. The van der Waals surface area contributed by atoms with E-state index in [0.29, 0.717) is 5.76 Å². The van der Waals surface area contributed by atoms with E-state index in [2.05, 4.69) is 10.5 Å². The van der Waals surface area contributed by atoms with Crippen LogP contribution in [0.4, 0.5) is 10.1 Å². The number of benzene rings is 1. The number of carbonyl (C=O) groups is 1. The zero-order valence-corrected chi connectivity index (χ0v) is 16.3. The molecule has 5 nitrogen and oxygen atoms in total. The van der Waals surface area contributed by atoms with Crippen molar-refractivity contribution in [3.8, 4) is 0 Å². The van der Waals surface area contributed by atoms with Gasteiger partial charge in [-0.2, -0.15) is 5.10 Å². The number of nitrogens with zero attached hydrogens (tertiary/aromatic N) is 2. The molecular weight excluding hydrogens is 357 g/mol. The summed E-state index contributed by atoms with van der Waals surface area (Å²) in [6.45, 7) is 3.56. The molecule has 1 aromatic heterocycles. The predicted molar refractivity (Wildman–Crippen MR) is 107 cm³/mol. The molecule has 1 N–H and O–H groups in total. The molecule has 1 aliphatic carbocycles. The largest absolute Gasteiger partial charge is 0.455 e. The molecule has 0 radical (unpaired) electrons. The number of aryl methyl sites for hydroxylation is 1. The lowest BCUT2D eigenvalue weighted by Crippen LogP contribution is -2.32. The molecule has 1 aliphatic heterocycles. The van der Waals surface area contributed by atoms with Crippen LogP contribution in [0.3, 0.4) is 0 Å². The van der Waals surface area contributed by atoms with E-state index in [4.69, 9.17) is 4.42 Å². The summed E-state index contributed by atoms with van der Waals surface area (Å²) in [5.41, 5.74) is 6.46. The zero-order chi connectivity index (χ0) is 19.5. The Kier molecular flexibility index (Phi) is 5.46. The molecule has 6 heteroatoms.